The summed E-state index contributed by atoms with van der Waals surface area (Å²) < 4.78 is 11.0. The van der Waals surface area contributed by atoms with Crippen molar-refractivity contribution in [3.63, 3.8) is 0 Å². The minimum absolute atomic E-state index is 0.486. The summed E-state index contributed by atoms with van der Waals surface area (Å²) in [7, 11) is 0. The lowest BCUT2D eigenvalue weighted by molar-refractivity contribution is 0.0138. The molecule has 0 aromatic rings. The number of nitrogens with zero attached hydrogens (tertiary/aromatic N) is 1. The van der Waals surface area contributed by atoms with E-state index < -0.39 is 0 Å². The molecule has 0 saturated carbocycles. The van der Waals surface area contributed by atoms with E-state index in [0.717, 1.165) is 50.3 Å². The Kier molecular flexibility index (Phi) is 18.1. The zero-order valence-electron chi connectivity index (χ0n) is 20.3. The van der Waals surface area contributed by atoms with Crippen molar-refractivity contribution in [2.75, 3.05) is 33.0 Å². The van der Waals surface area contributed by atoms with Crippen LogP contribution < -0.4 is 0 Å². The average molecular weight is 410 g/mol. The van der Waals surface area contributed by atoms with Crippen LogP contribution in [0.2, 0.25) is 0 Å². The summed E-state index contributed by atoms with van der Waals surface area (Å²) >= 11 is 0. The molecular formula is C25H47NO3. The van der Waals surface area contributed by atoms with Gasteiger partial charge in [-0.1, -0.05) is 56.1 Å². The highest BCUT2D eigenvalue weighted by Gasteiger charge is 1.98. The van der Waals surface area contributed by atoms with Crippen LogP contribution in [0.15, 0.2) is 28.5 Å². The number of oxime groups is 1. The Bertz CT molecular complexity index is 478. The molecule has 0 rings (SSSR count). The topological polar surface area (TPSA) is 40.0 Å². The van der Waals surface area contributed by atoms with Gasteiger partial charge in [0.25, 0.3) is 0 Å². The maximum atomic E-state index is 5.50. The molecule has 0 spiro atoms. The normalized spacial score (nSPS) is 13.6. The Hall–Kier alpha value is -1.13. The lowest BCUT2D eigenvalue weighted by Crippen LogP contribution is -2.09. The number of rotatable bonds is 18. The third-order valence-corrected chi connectivity index (χ3v) is 4.60. The van der Waals surface area contributed by atoms with E-state index in [1.165, 1.54) is 17.6 Å². The van der Waals surface area contributed by atoms with Crippen molar-refractivity contribution in [1.82, 2.24) is 0 Å². The molecule has 4 nitrogen and oxygen atoms in total. The molecule has 0 atom stereocenters. The molecule has 0 saturated heterocycles. The lowest BCUT2D eigenvalue weighted by atomic mass is 10.0. The Balaban J connectivity index is 3.71. The second-order valence-corrected chi connectivity index (χ2v) is 8.84. The minimum atomic E-state index is 0.486. The van der Waals surface area contributed by atoms with E-state index in [-0.39, 0.29) is 0 Å². The second-order valence-electron chi connectivity index (χ2n) is 8.84. The zero-order valence-corrected chi connectivity index (χ0v) is 20.3. The quantitative estimate of drug-likeness (QED) is 0.106. The Morgan fingerprint density at radius 1 is 0.724 bits per heavy atom. The van der Waals surface area contributed by atoms with Crippen molar-refractivity contribution >= 4 is 5.71 Å². The molecule has 0 aliphatic heterocycles. The smallest absolute Gasteiger partial charge is 0.140 e. The highest BCUT2D eigenvalue weighted by molar-refractivity contribution is 5.81. The monoisotopic (exact) mass is 409 g/mol. The first-order valence-electron chi connectivity index (χ1n) is 11.4. The van der Waals surface area contributed by atoms with Crippen molar-refractivity contribution < 1.29 is 14.3 Å². The standard InChI is InChI=1S/C25H47NO3/c1-21(2)11-12-23(5)9-8-10-24(6)13-14-25(7)26-29-20-19-28-18-17-27-16-15-22(3)4/h10,12,21-22H,8-9,11,13-20H2,1-7H3/b23-12+,24-10+,26-25+. The van der Waals surface area contributed by atoms with E-state index in [4.69, 9.17) is 14.3 Å². The summed E-state index contributed by atoms with van der Waals surface area (Å²) in [6.45, 7) is 18.5. The Morgan fingerprint density at radius 3 is 2.00 bits per heavy atom. The molecule has 29 heavy (non-hydrogen) atoms. The molecule has 0 amide bonds. The predicted octanol–water partition coefficient (Wildman–Crippen LogP) is 6.96. The van der Waals surface area contributed by atoms with E-state index in [9.17, 15) is 0 Å². The van der Waals surface area contributed by atoms with Crippen LogP contribution in [-0.4, -0.2) is 38.7 Å². The molecule has 0 aliphatic rings. The predicted molar refractivity (Wildman–Crippen MR) is 126 cm³/mol. The third-order valence-electron chi connectivity index (χ3n) is 4.60. The molecule has 0 N–H and O–H groups in total. The Labute approximate surface area is 180 Å². The molecule has 0 aromatic heterocycles. The highest BCUT2D eigenvalue weighted by Crippen LogP contribution is 2.12. The van der Waals surface area contributed by atoms with Gasteiger partial charge >= 0.3 is 0 Å². The van der Waals surface area contributed by atoms with Crippen LogP contribution in [0.3, 0.4) is 0 Å². The van der Waals surface area contributed by atoms with Gasteiger partial charge in [0.2, 0.25) is 0 Å². The minimum Gasteiger partial charge on any atom is -0.393 e. The first-order valence-corrected chi connectivity index (χ1v) is 11.4. The largest absolute Gasteiger partial charge is 0.393 e. The molecule has 0 aromatic carbocycles. The van der Waals surface area contributed by atoms with Crippen LogP contribution in [0.1, 0.15) is 87.0 Å². The van der Waals surface area contributed by atoms with Crippen molar-refractivity contribution in [2.45, 2.75) is 87.0 Å². The van der Waals surface area contributed by atoms with Crippen LogP contribution in [-0.2, 0) is 14.3 Å². The highest BCUT2D eigenvalue weighted by atomic mass is 16.6. The van der Waals surface area contributed by atoms with Gasteiger partial charge in [0, 0.05) is 6.61 Å². The van der Waals surface area contributed by atoms with Gasteiger partial charge in [-0.2, -0.15) is 0 Å². The van der Waals surface area contributed by atoms with Gasteiger partial charge in [0.05, 0.1) is 25.5 Å². The van der Waals surface area contributed by atoms with Gasteiger partial charge in [-0.15, -0.1) is 0 Å². The fraction of sp³-hybridized carbons (Fsp3) is 0.800. The third kappa shape index (κ3) is 21.4. The SMILES string of the molecule is C/C(=C\CC(C)C)CC/C=C(\C)CC/C(C)=N/OCCOCCOCCC(C)C. The average Bonchev–Trinajstić information content (AvgIpc) is 2.66. The van der Waals surface area contributed by atoms with Crippen molar-refractivity contribution in [3.05, 3.63) is 23.3 Å². The summed E-state index contributed by atoms with van der Waals surface area (Å²) in [5, 5.41) is 4.18. The van der Waals surface area contributed by atoms with Crippen molar-refractivity contribution in [2.24, 2.45) is 17.0 Å². The van der Waals surface area contributed by atoms with E-state index in [1.54, 1.807) is 0 Å². The summed E-state index contributed by atoms with van der Waals surface area (Å²) in [5.41, 5.74) is 3.96. The number of allylic oxidation sites excluding steroid dienone is 4. The molecule has 0 bridgehead atoms. The van der Waals surface area contributed by atoms with Gasteiger partial charge in [-0.05, 0) is 71.1 Å². The second kappa shape index (κ2) is 18.9. The molecule has 0 radical (unpaired) electrons. The van der Waals surface area contributed by atoms with Crippen LogP contribution in [0.5, 0.6) is 0 Å². The van der Waals surface area contributed by atoms with Crippen LogP contribution in [0.4, 0.5) is 0 Å². The van der Waals surface area contributed by atoms with Crippen LogP contribution in [0, 0.1) is 11.8 Å². The number of hydrogen-bond donors (Lipinski definition) is 0. The van der Waals surface area contributed by atoms with Crippen LogP contribution >= 0.6 is 0 Å². The fourth-order valence-electron chi connectivity index (χ4n) is 2.50. The number of ether oxygens (including phenoxy) is 2. The lowest BCUT2D eigenvalue weighted by Gasteiger charge is -2.07. The first kappa shape index (κ1) is 27.9. The summed E-state index contributed by atoms with van der Waals surface area (Å²) in [6, 6.07) is 0. The van der Waals surface area contributed by atoms with E-state index >= 15 is 0 Å². The van der Waals surface area contributed by atoms with Crippen molar-refractivity contribution in [1.29, 1.82) is 0 Å². The molecule has 170 valence electrons. The van der Waals surface area contributed by atoms with E-state index in [1.807, 2.05) is 6.92 Å². The van der Waals surface area contributed by atoms with E-state index in [0.29, 0.717) is 32.3 Å². The zero-order chi connectivity index (χ0) is 21.9. The van der Waals surface area contributed by atoms with Gasteiger partial charge in [-0.3, -0.25) is 0 Å². The first-order chi connectivity index (χ1) is 13.8. The van der Waals surface area contributed by atoms with Gasteiger partial charge in [-0.25, -0.2) is 0 Å². The summed E-state index contributed by atoms with van der Waals surface area (Å²) in [6.07, 6.45) is 11.3. The van der Waals surface area contributed by atoms with Gasteiger partial charge in [0.15, 0.2) is 0 Å². The Morgan fingerprint density at radius 2 is 1.34 bits per heavy atom. The molecule has 0 fully saturated rings. The van der Waals surface area contributed by atoms with Gasteiger partial charge < -0.3 is 14.3 Å². The number of hydrogen-bond acceptors (Lipinski definition) is 4. The molecule has 0 aliphatic carbocycles. The molecular weight excluding hydrogens is 362 g/mol. The summed E-state index contributed by atoms with van der Waals surface area (Å²) in [5.74, 6) is 1.43. The van der Waals surface area contributed by atoms with Crippen molar-refractivity contribution in [3.8, 4) is 0 Å². The van der Waals surface area contributed by atoms with E-state index in [2.05, 4.69) is 58.9 Å². The molecule has 0 unspecified atom stereocenters. The molecule has 4 heteroatoms. The summed E-state index contributed by atoms with van der Waals surface area (Å²) in [4.78, 5) is 5.34. The fourth-order valence-corrected chi connectivity index (χ4v) is 2.50. The maximum Gasteiger partial charge on any atom is 0.140 e. The molecule has 0 heterocycles. The van der Waals surface area contributed by atoms with Crippen LogP contribution in [0.25, 0.3) is 0 Å². The van der Waals surface area contributed by atoms with Gasteiger partial charge in [0.1, 0.15) is 6.61 Å². The maximum absolute atomic E-state index is 5.50.